The third kappa shape index (κ3) is 3.50. The zero-order valence-corrected chi connectivity index (χ0v) is 18.1. The van der Waals surface area contributed by atoms with Gasteiger partial charge in [0.1, 0.15) is 17.6 Å². The smallest absolute Gasteiger partial charge is 0.174 e. The molecular weight excluding hydrogens is 423 g/mol. The summed E-state index contributed by atoms with van der Waals surface area (Å²) in [5.74, 6) is -0.0435. The van der Waals surface area contributed by atoms with Crippen LogP contribution in [-0.2, 0) is 0 Å². The first-order chi connectivity index (χ1) is 15.5. The molecule has 5 rings (SSSR count). The number of aromatic hydroxyl groups is 1. The molecule has 0 amide bonds. The largest absolute Gasteiger partial charge is 0.508 e. The van der Waals surface area contributed by atoms with Gasteiger partial charge in [-0.1, -0.05) is 6.07 Å². The molecule has 0 radical (unpaired) electrons. The van der Waals surface area contributed by atoms with Crippen molar-refractivity contribution in [1.82, 2.24) is 14.9 Å². The molecular formula is C25H21FN4OS. The minimum atomic E-state index is -0.253. The summed E-state index contributed by atoms with van der Waals surface area (Å²) < 4.78 is 16.1. The summed E-state index contributed by atoms with van der Waals surface area (Å²) in [6.45, 7) is 1.75. The highest BCUT2D eigenvalue weighted by atomic mass is 32.1. The molecule has 32 heavy (non-hydrogen) atoms. The van der Waals surface area contributed by atoms with Crippen LogP contribution in [0.2, 0.25) is 0 Å². The van der Waals surface area contributed by atoms with Crippen molar-refractivity contribution in [3.05, 3.63) is 108 Å². The number of halogens is 1. The Kier molecular flexibility index (Phi) is 5.11. The molecule has 3 heterocycles. The van der Waals surface area contributed by atoms with Gasteiger partial charge in [-0.2, -0.15) is 0 Å². The Morgan fingerprint density at radius 2 is 1.78 bits per heavy atom. The van der Waals surface area contributed by atoms with Crippen molar-refractivity contribution in [2.75, 3.05) is 4.90 Å². The van der Waals surface area contributed by atoms with Crippen molar-refractivity contribution in [1.29, 1.82) is 0 Å². The first-order valence-corrected chi connectivity index (χ1v) is 10.7. The Morgan fingerprint density at radius 1 is 1.00 bits per heavy atom. The number of phenols is 1. The summed E-state index contributed by atoms with van der Waals surface area (Å²) in [5.41, 5.74) is 4.12. The zero-order valence-electron chi connectivity index (χ0n) is 17.3. The van der Waals surface area contributed by atoms with Crippen molar-refractivity contribution < 1.29 is 9.50 Å². The van der Waals surface area contributed by atoms with Crippen molar-refractivity contribution in [2.45, 2.75) is 19.0 Å². The number of anilines is 1. The molecule has 2 atom stereocenters. The van der Waals surface area contributed by atoms with Crippen LogP contribution in [0.1, 0.15) is 29.0 Å². The van der Waals surface area contributed by atoms with E-state index in [0.29, 0.717) is 10.7 Å². The topological polar surface area (TPSA) is 53.3 Å². The van der Waals surface area contributed by atoms with Gasteiger partial charge in [-0.05, 0) is 91.4 Å². The Balaban J connectivity index is 1.67. The minimum Gasteiger partial charge on any atom is -0.508 e. The maximum absolute atomic E-state index is 14.0. The van der Waals surface area contributed by atoms with Crippen LogP contribution < -0.4 is 10.2 Å². The number of benzene rings is 2. The van der Waals surface area contributed by atoms with Crippen molar-refractivity contribution >= 4 is 23.0 Å². The summed E-state index contributed by atoms with van der Waals surface area (Å²) in [5, 5.41) is 13.7. The molecule has 2 aromatic carbocycles. The lowest BCUT2D eigenvalue weighted by Gasteiger charge is -2.29. The van der Waals surface area contributed by atoms with Gasteiger partial charge in [0.15, 0.2) is 5.11 Å². The Bertz CT molecular complexity index is 1270. The monoisotopic (exact) mass is 444 g/mol. The number of aromatic nitrogens is 2. The lowest BCUT2D eigenvalue weighted by Crippen LogP contribution is -2.30. The average Bonchev–Trinajstić information content (AvgIpc) is 3.41. The third-order valence-corrected chi connectivity index (χ3v) is 6.04. The van der Waals surface area contributed by atoms with E-state index in [4.69, 9.17) is 12.2 Å². The molecule has 160 valence electrons. The summed E-state index contributed by atoms with van der Waals surface area (Å²) >= 11 is 5.75. The van der Waals surface area contributed by atoms with E-state index >= 15 is 0 Å². The second-order valence-corrected chi connectivity index (χ2v) is 8.14. The number of nitrogens with zero attached hydrogens (tertiary/aromatic N) is 3. The van der Waals surface area contributed by atoms with Crippen molar-refractivity contribution in [3.8, 4) is 11.4 Å². The molecule has 1 fully saturated rings. The van der Waals surface area contributed by atoms with E-state index in [2.05, 4.69) is 14.9 Å². The average molecular weight is 445 g/mol. The molecule has 1 saturated heterocycles. The summed E-state index contributed by atoms with van der Waals surface area (Å²) in [6, 6.07) is 21.5. The molecule has 1 aliphatic heterocycles. The highest BCUT2D eigenvalue weighted by molar-refractivity contribution is 7.80. The van der Waals surface area contributed by atoms with Gasteiger partial charge in [0.05, 0.1) is 11.7 Å². The molecule has 7 heteroatoms. The van der Waals surface area contributed by atoms with Crippen LogP contribution in [0.4, 0.5) is 10.1 Å². The van der Waals surface area contributed by atoms with Crippen LogP contribution >= 0.6 is 12.2 Å². The number of pyridine rings is 1. The predicted molar refractivity (Wildman–Crippen MR) is 127 cm³/mol. The number of thiocarbonyl (C=S) groups is 1. The highest BCUT2D eigenvalue weighted by Crippen LogP contribution is 2.42. The number of nitrogens with one attached hydrogen (secondary N) is 1. The number of rotatable bonds is 4. The summed E-state index contributed by atoms with van der Waals surface area (Å²) in [7, 11) is 0. The van der Waals surface area contributed by atoms with Crippen LogP contribution in [0.25, 0.3) is 5.69 Å². The van der Waals surface area contributed by atoms with Crippen molar-refractivity contribution in [2.24, 2.45) is 0 Å². The van der Waals surface area contributed by atoms with Crippen LogP contribution in [0.5, 0.6) is 5.75 Å². The molecule has 4 aromatic rings. The quantitative estimate of drug-likeness (QED) is 0.424. The van der Waals surface area contributed by atoms with Gasteiger partial charge < -0.3 is 19.9 Å². The SMILES string of the molecule is Cc1cc(N2C(=S)N[C@@H](c3ccccn3)[C@H]2c2cccn2-c2ccc(O)cc2)ccc1F. The number of aryl methyl sites for hydroxylation is 1. The van der Waals surface area contributed by atoms with Gasteiger partial charge in [-0.3, -0.25) is 4.98 Å². The molecule has 0 bridgehead atoms. The van der Waals surface area contributed by atoms with Crippen molar-refractivity contribution in [3.63, 3.8) is 0 Å². The molecule has 2 N–H and O–H groups in total. The third-order valence-electron chi connectivity index (χ3n) is 5.73. The van der Waals surface area contributed by atoms with Crippen LogP contribution in [0, 0.1) is 12.7 Å². The summed E-state index contributed by atoms with van der Waals surface area (Å²) in [4.78, 5) is 6.60. The highest BCUT2D eigenvalue weighted by Gasteiger charge is 2.42. The second kappa shape index (κ2) is 8.09. The van der Waals surface area contributed by atoms with Crippen LogP contribution in [0.15, 0.2) is 85.2 Å². The summed E-state index contributed by atoms with van der Waals surface area (Å²) in [6.07, 6.45) is 3.74. The van der Waals surface area contributed by atoms with Crippen LogP contribution in [-0.4, -0.2) is 19.8 Å². The lowest BCUT2D eigenvalue weighted by molar-refractivity contribution is 0.475. The first kappa shape index (κ1) is 20.2. The zero-order chi connectivity index (χ0) is 22.2. The molecule has 1 aliphatic rings. The molecule has 2 aromatic heterocycles. The normalized spacial score (nSPS) is 18.1. The van der Waals surface area contributed by atoms with E-state index in [9.17, 15) is 9.50 Å². The lowest BCUT2D eigenvalue weighted by atomic mass is 10.0. The van der Waals surface area contributed by atoms with E-state index in [1.807, 2.05) is 59.6 Å². The Morgan fingerprint density at radius 3 is 2.50 bits per heavy atom. The second-order valence-electron chi connectivity index (χ2n) is 7.75. The number of hydrogen-bond acceptors (Lipinski definition) is 3. The number of hydrogen-bond donors (Lipinski definition) is 2. The maximum atomic E-state index is 14.0. The van der Waals surface area contributed by atoms with Gasteiger partial charge in [-0.15, -0.1) is 0 Å². The van der Waals surface area contributed by atoms with Gasteiger partial charge in [0, 0.05) is 29.5 Å². The van der Waals surface area contributed by atoms with Gasteiger partial charge >= 0.3 is 0 Å². The fourth-order valence-electron chi connectivity index (χ4n) is 4.20. The van der Waals surface area contributed by atoms with E-state index < -0.39 is 0 Å². The first-order valence-electron chi connectivity index (χ1n) is 10.3. The van der Waals surface area contributed by atoms with Crippen LogP contribution in [0.3, 0.4) is 0 Å². The van der Waals surface area contributed by atoms with Gasteiger partial charge in [0.2, 0.25) is 0 Å². The molecule has 0 aliphatic carbocycles. The van der Waals surface area contributed by atoms with Gasteiger partial charge in [0.25, 0.3) is 0 Å². The van der Waals surface area contributed by atoms with E-state index in [-0.39, 0.29) is 23.7 Å². The molecule has 0 spiro atoms. The van der Waals surface area contributed by atoms with E-state index in [1.165, 1.54) is 6.07 Å². The standard InChI is InChI=1S/C25H21FN4OS/c1-16-15-18(9-12-20(16)26)30-24(23(28-25(30)32)21-5-2-3-13-27-21)22-6-4-14-29(22)17-7-10-19(31)11-8-17/h2-15,23-24,31H,1H3,(H,28,32)/t23-,24+/m0/s1. The molecule has 0 unspecified atom stereocenters. The van der Waals surface area contributed by atoms with E-state index in [1.54, 1.807) is 31.3 Å². The Labute approximate surface area is 190 Å². The molecule has 5 nitrogen and oxygen atoms in total. The fourth-order valence-corrected chi connectivity index (χ4v) is 4.54. The minimum absolute atomic E-state index is 0.208. The Hall–Kier alpha value is -3.71. The number of phenolic OH excluding ortho intramolecular Hbond substituents is 1. The van der Waals surface area contributed by atoms with E-state index in [0.717, 1.165) is 22.8 Å². The molecule has 0 saturated carbocycles. The fraction of sp³-hybridized carbons (Fsp3) is 0.120. The maximum Gasteiger partial charge on any atom is 0.174 e. The van der Waals surface area contributed by atoms with Gasteiger partial charge in [-0.25, -0.2) is 4.39 Å². The predicted octanol–water partition coefficient (Wildman–Crippen LogP) is 5.20.